The summed E-state index contributed by atoms with van der Waals surface area (Å²) in [4.78, 5) is 25.2. The highest BCUT2D eigenvalue weighted by atomic mass is 127. The van der Waals surface area contributed by atoms with Crippen molar-refractivity contribution in [3.05, 3.63) is 21.3 Å². The van der Waals surface area contributed by atoms with E-state index in [-0.39, 0.29) is 11.5 Å². The van der Waals surface area contributed by atoms with Gasteiger partial charge in [0.1, 0.15) is 5.75 Å². The maximum absolute atomic E-state index is 12.3. The summed E-state index contributed by atoms with van der Waals surface area (Å²) in [6, 6.07) is 3.18. The van der Waals surface area contributed by atoms with Crippen LogP contribution >= 0.6 is 22.6 Å². The van der Waals surface area contributed by atoms with Crippen LogP contribution in [-0.4, -0.2) is 43.3 Å². The molecule has 6 nitrogen and oxygen atoms in total. The number of unbranched alkanes of at least 4 members (excludes halogenated alkanes) is 1. The molecule has 22 heavy (non-hydrogen) atoms. The average Bonchev–Trinajstić information content (AvgIpc) is 2.46. The Morgan fingerprint density at radius 1 is 1.45 bits per heavy atom. The van der Waals surface area contributed by atoms with Gasteiger partial charge in [0.2, 0.25) is 0 Å². The molecule has 0 fully saturated rings. The number of anilines is 1. The summed E-state index contributed by atoms with van der Waals surface area (Å²) in [5, 5.41) is 9.25. The molecule has 0 radical (unpaired) electrons. The first kappa shape index (κ1) is 17.0. The Morgan fingerprint density at radius 3 is 2.82 bits per heavy atom. The number of carbonyl (C=O) groups is 2. The van der Waals surface area contributed by atoms with E-state index in [2.05, 4.69) is 0 Å². The number of fused-ring (bicyclic) bond motifs is 1. The fraction of sp³-hybridized carbons (Fsp3) is 0.467. The topological polar surface area (TPSA) is 76.1 Å². The Hall–Kier alpha value is -1.35. The highest BCUT2D eigenvalue weighted by Crippen LogP contribution is 2.37. The zero-order valence-corrected chi connectivity index (χ0v) is 14.6. The first-order chi connectivity index (χ1) is 10.5. The number of methoxy groups -OCH3 is 1. The van der Waals surface area contributed by atoms with Crippen molar-refractivity contribution in [3.8, 4) is 5.75 Å². The number of carboxylic acids is 1. The van der Waals surface area contributed by atoms with Crippen LogP contribution in [0.2, 0.25) is 0 Å². The van der Waals surface area contributed by atoms with E-state index in [1.54, 1.807) is 25.0 Å². The lowest BCUT2D eigenvalue weighted by atomic mass is 10.1. The number of hydrogen-bond donors (Lipinski definition) is 1. The molecule has 1 aliphatic heterocycles. The molecule has 0 aromatic heterocycles. The summed E-state index contributed by atoms with van der Waals surface area (Å²) < 4.78 is 11.2. The molecule has 0 saturated heterocycles. The summed E-state index contributed by atoms with van der Waals surface area (Å²) in [5.41, 5.74) is 0.700. The first-order valence-electron chi connectivity index (χ1n) is 6.99. The Morgan fingerprint density at radius 2 is 2.18 bits per heavy atom. The predicted octanol–water partition coefficient (Wildman–Crippen LogP) is 2.53. The number of nitrogens with zero attached hydrogens (tertiary/aromatic N) is 1. The van der Waals surface area contributed by atoms with Crippen molar-refractivity contribution in [2.75, 3.05) is 25.2 Å². The molecule has 0 unspecified atom stereocenters. The van der Waals surface area contributed by atoms with Crippen molar-refractivity contribution in [1.29, 1.82) is 0 Å². The number of ether oxygens (including phenoxy) is 2. The second kappa shape index (κ2) is 7.28. The van der Waals surface area contributed by atoms with Crippen LogP contribution in [0.5, 0.6) is 5.75 Å². The van der Waals surface area contributed by atoms with E-state index in [0.29, 0.717) is 28.2 Å². The van der Waals surface area contributed by atoms with Gasteiger partial charge in [0.25, 0.3) is 5.91 Å². The van der Waals surface area contributed by atoms with E-state index in [9.17, 15) is 14.7 Å². The molecular formula is C15H18INO5. The fourth-order valence-electron chi connectivity index (χ4n) is 2.34. The monoisotopic (exact) mass is 419 g/mol. The lowest BCUT2D eigenvalue weighted by Gasteiger charge is -2.33. The van der Waals surface area contributed by atoms with Gasteiger partial charge in [-0.3, -0.25) is 4.79 Å². The number of rotatable bonds is 6. The summed E-state index contributed by atoms with van der Waals surface area (Å²) in [7, 11) is 1.64. The van der Waals surface area contributed by atoms with Gasteiger partial charge in [-0.1, -0.05) is 0 Å². The summed E-state index contributed by atoms with van der Waals surface area (Å²) in [6.07, 6.45) is 1.04. The van der Waals surface area contributed by atoms with Gasteiger partial charge in [0.05, 0.1) is 11.3 Å². The Bertz CT molecular complexity index is 590. The summed E-state index contributed by atoms with van der Waals surface area (Å²) in [6.45, 7) is 2.85. The van der Waals surface area contributed by atoms with E-state index in [4.69, 9.17) is 9.47 Å². The van der Waals surface area contributed by atoms with Crippen LogP contribution in [-0.2, 0) is 9.53 Å². The second-order valence-corrected chi connectivity index (χ2v) is 6.22. The number of carbonyl (C=O) groups excluding carboxylic acids is 1. The third kappa shape index (κ3) is 3.52. The Balaban J connectivity index is 2.32. The van der Waals surface area contributed by atoms with E-state index < -0.39 is 12.1 Å². The van der Waals surface area contributed by atoms with Gasteiger partial charge < -0.3 is 19.5 Å². The van der Waals surface area contributed by atoms with Crippen molar-refractivity contribution in [2.45, 2.75) is 25.9 Å². The van der Waals surface area contributed by atoms with Gasteiger partial charge in [-0.15, -0.1) is 0 Å². The van der Waals surface area contributed by atoms with Gasteiger partial charge >= 0.3 is 5.97 Å². The minimum atomic E-state index is -1.02. The van der Waals surface area contributed by atoms with Gasteiger partial charge in [-0.05, 0) is 54.5 Å². The molecular weight excluding hydrogens is 401 g/mol. The van der Waals surface area contributed by atoms with Gasteiger partial charge in [-0.2, -0.15) is 0 Å². The molecule has 1 heterocycles. The first-order valence-corrected chi connectivity index (χ1v) is 8.07. The van der Waals surface area contributed by atoms with Crippen molar-refractivity contribution >= 4 is 40.2 Å². The molecule has 1 aromatic carbocycles. The van der Waals surface area contributed by atoms with Crippen LogP contribution < -0.4 is 9.64 Å². The summed E-state index contributed by atoms with van der Waals surface area (Å²) in [5.74, 6) is -0.617. The Labute approximate surface area is 142 Å². The molecule has 0 saturated carbocycles. The SMILES string of the molecule is COCCCCN1C(=O)[C@@H](C)Oc2cc(I)c(C(=O)O)cc21. The maximum atomic E-state index is 12.3. The van der Waals surface area contributed by atoms with Crippen molar-refractivity contribution < 1.29 is 24.2 Å². The molecule has 1 atom stereocenters. The number of benzene rings is 1. The van der Waals surface area contributed by atoms with Crippen LogP contribution in [0.1, 0.15) is 30.1 Å². The van der Waals surface area contributed by atoms with E-state index >= 15 is 0 Å². The highest BCUT2D eigenvalue weighted by Gasteiger charge is 2.32. The quantitative estimate of drug-likeness (QED) is 0.567. The number of carboxylic acid groups (broad SMARTS) is 1. The van der Waals surface area contributed by atoms with Crippen molar-refractivity contribution in [1.82, 2.24) is 0 Å². The number of aromatic carboxylic acids is 1. The average molecular weight is 419 g/mol. The number of amides is 1. The third-order valence-corrected chi connectivity index (χ3v) is 4.36. The van der Waals surface area contributed by atoms with Gasteiger partial charge in [-0.25, -0.2) is 4.79 Å². The van der Waals surface area contributed by atoms with Crippen LogP contribution in [0, 0.1) is 3.57 Å². The van der Waals surface area contributed by atoms with Crippen LogP contribution in [0.3, 0.4) is 0 Å². The standard InChI is InChI=1S/C15H18INO5/c1-9-14(18)17(5-3-4-6-21-2)12-7-10(15(19)20)11(16)8-13(12)22-9/h7-9H,3-6H2,1-2H3,(H,19,20)/t9-/m1/s1. The zero-order valence-electron chi connectivity index (χ0n) is 12.5. The smallest absolute Gasteiger partial charge is 0.336 e. The number of halogens is 1. The van der Waals surface area contributed by atoms with E-state index in [1.807, 2.05) is 22.6 Å². The maximum Gasteiger partial charge on any atom is 0.336 e. The van der Waals surface area contributed by atoms with Crippen molar-refractivity contribution in [3.63, 3.8) is 0 Å². The third-order valence-electron chi connectivity index (χ3n) is 3.47. The zero-order chi connectivity index (χ0) is 16.3. The van der Waals surface area contributed by atoms with E-state index in [1.165, 1.54) is 6.07 Å². The second-order valence-electron chi connectivity index (χ2n) is 5.05. The molecule has 0 bridgehead atoms. The molecule has 1 N–H and O–H groups in total. The van der Waals surface area contributed by atoms with Crippen LogP contribution in [0.15, 0.2) is 12.1 Å². The van der Waals surface area contributed by atoms with Gasteiger partial charge in [0, 0.05) is 23.8 Å². The van der Waals surface area contributed by atoms with Gasteiger partial charge in [0.15, 0.2) is 6.10 Å². The molecule has 2 rings (SSSR count). The molecule has 1 aliphatic rings. The van der Waals surface area contributed by atoms with Crippen LogP contribution in [0.4, 0.5) is 5.69 Å². The number of hydrogen-bond acceptors (Lipinski definition) is 4. The molecule has 1 aromatic rings. The largest absolute Gasteiger partial charge is 0.479 e. The Kier molecular flexibility index (Phi) is 5.63. The van der Waals surface area contributed by atoms with Crippen LogP contribution in [0.25, 0.3) is 0 Å². The minimum Gasteiger partial charge on any atom is -0.479 e. The molecule has 7 heteroatoms. The minimum absolute atomic E-state index is 0.150. The molecule has 120 valence electrons. The summed E-state index contributed by atoms with van der Waals surface area (Å²) >= 11 is 1.96. The molecule has 1 amide bonds. The lowest BCUT2D eigenvalue weighted by molar-refractivity contribution is -0.125. The molecule has 0 spiro atoms. The predicted molar refractivity (Wildman–Crippen MR) is 89.7 cm³/mol. The highest BCUT2D eigenvalue weighted by molar-refractivity contribution is 14.1. The lowest BCUT2D eigenvalue weighted by Crippen LogP contribution is -2.45. The van der Waals surface area contributed by atoms with E-state index in [0.717, 1.165) is 12.8 Å². The molecule has 0 aliphatic carbocycles. The normalized spacial score (nSPS) is 17.1. The van der Waals surface area contributed by atoms with Crippen molar-refractivity contribution in [2.24, 2.45) is 0 Å². The fourth-order valence-corrected chi connectivity index (χ4v) is 3.01.